The Kier molecular flexibility index (Phi) is 5.41. The number of carboxylic acids is 2. The molecule has 0 heterocycles. The topological polar surface area (TPSA) is 130 Å². The summed E-state index contributed by atoms with van der Waals surface area (Å²) in [4.78, 5) is 43.7. The summed E-state index contributed by atoms with van der Waals surface area (Å²) >= 11 is 0. The van der Waals surface area contributed by atoms with E-state index in [0.29, 0.717) is 0 Å². The lowest BCUT2D eigenvalue weighted by Gasteiger charge is -2.09. The average Bonchev–Trinajstić information content (AvgIpc) is 2.37. The third-order valence-electron chi connectivity index (χ3n) is 2.31. The first-order chi connectivity index (χ1) is 9.79. The molecule has 21 heavy (non-hydrogen) atoms. The Bertz CT molecular complexity index is 594. The Morgan fingerprint density at radius 2 is 1.81 bits per heavy atom. The number of rotatable bonds is 6. The van der Waals surface area contributed by atoms with Gasteiger partial charge in [0, 0.05) is 19.0 Å². The van der Waals surface area contributed by atoms with Crippen LogP contribution in [0.4, 0.5) is 5.69 Å². The van der Waals surface area contributed by atoms with E-state index in [1.807, 2.05) is 0 Å². The lowest BCUT2D eigenvalue weighted by Crippen LogP contribution is -2.14. The molecule has 8 nitrogen and oxygen atoms in total. The fourth-order valence-electron chi connectivity index (χ4n) is 1.46. The first-order valence-corrected chi connectivity index (χ1v) is 5.87. The number of benzene rings is 1. The molecule has 0 bridgehead atoms. The molecule has 1 amide bonds. The Balaban J connectivity index is 2.88. The minimum Gasteiger partial charge on any atom is -0.481 e. The van der Waals surface area contributed by atoms with E-state index in [9.17, 15) is 19.2 Å². The molecule has 0 saturated heterocycles. The maximum absolute atomic E-state index is 11.5. The van der Waals surface area contributed by atoms with Gasteiger partial charge in [0.25, 0.3) is 0 Å². The van der Waals surface area contributed by atoms with Crippen LogP contribution in [0.25, 0.3) is 0 Å². The molecule has 0 radical (unpaired) electrons. The third kappa shape index (κ3) is 5.31. The van der Waals surface area contributed by atoms with Gasteiger partial charge in [-0.3, -0.25) is 14.4 Å². The Morgan fingerprint density at radius 3 is 2.33 bits per heavy atom. The van der Waals surface area contributed by atoms with E-state index in [1.165, 1.54) is 12.1 Å². The van der Waals surface area contributed by atoms with Crippen molar-refractivity contribution in [3.05, 3.63) is 23.8 Å². The second kappa shape index (κ2) is 7.04. The average molecular weight is 295 g/mol. The predicted octanol–water partition coefficient (Wildman–Crippen LogP) is 1.11. The summed E-state index contributed by atoms with van der Waals surface area (Å²) in [5, 5.41) is 19.9. The molecule has 112 valence electrons. The van der Waals surface area contributed by atoms with Crippen LogP contribution in [0.2, 0.25) is 0 Å². The highest BCUT2D eigenvalue weighted by molar-refractivity contribution is 5.96. The van der Waals surface area contributed by atoms with Gasteiger partial charge in [-0.25, -0.2) is 4.79 Å². The van der Waals surface area contributed by atoms with Gasteiger partial charge in [0.05, 0.1) is 6.42 Å². The first-order valence-electron chi connectivity index (χ1n) is 5.87. The number of hydrogen-bond acceptors (Lipinski definition) is 5. The molecular formula is C13H13NO7. The van der Waals surface area contributed by atoms with Gasteiger partial charge in [-0.15, -0.1) is 0 Å². The summed E-state index contributed by atoms with van der Waals surface area (Å²) in [6.07, 6.45) is -0.563. The number of ether oxygens (including phenoxy) is 1. The van der Waals surface area contributed by atoms with Crippen LogP contribution in [0.1, 0.15) is 30.1 Å². The molecule has 1 aromatic rings. The summed E-state index contributed by atoms with van der Waals surface area (Å²) in [5.41, 5.74) is -0.125. The highest BCUT2D eigenvalue weighted by atomic mass is 16.5. The van der Waals surface area contributed by atoms with Gasteiger partial charge in [0.2, 0.25) is 5.91 Å². The van der Waals surface area contributed by atoms with Gasteiger partial charge >= 0.3 is 17.9 Å². The molecule has 0 aromatic heterocycles. The number of esters is 1. The van der Waals surface area contributed by atoms with E-state index < -0.39 is 23.8 Å². The van der Waals surface area contributed by atoms with Gasteiger partial charge in [-0.05, 0) is 18.2 Å². The lowest BCUT2D eigenvalue weighted by molar-refractivity contribution is -0.138. The van der Waals surface area contributed by atoms with Crippen molar-refractivity contribution in [2.24, 2.45) is 0 Å². The van der Waals surface area contributed by atoms with Crippen LogP contribution in [0.3, 0.4) is 0 Å². The number of carboxylic acid groups (broad SMARTS) is 2. The molecular weight excluding hydrogens is 282 g/mol. The quantitative estimate of drug-likeness (QED) is 0.529. The first kappa shape index (κ1) is 16.2. The number of hydrogen-bond donors (Lipinski definition) is 3. The molecule has 0 unspecified atom stereocenters. The van der Waals surface area contributed by atoms with Gasteiger partial charge < -0.3 is 20.3 Å². The van der Waals surface area contributed by atoms with Crippen molar-refractivity contribution in [3.63, 3.8) is 0 Å². The van der Waals surface area contributed by atoms with Crippen LogP contribution >= 0.6 is 0 Å². The number of carbonyl (C=O) groups excluding carboxylic acids is 2. The predicted molar refractivity (Wildman–Crippen MR) is 70.2 cm³/mol. The summed E-state index contributed by atoms with van der Waals surface area (Å²) in [5.74, 6) is -3.81. The minimum atomic E-state index is -1.33. The smallest absolute Gasteiger partial charge is 0.339 e. The zero-order valence-electron chi connectivity index (χ0n) is 11.1. The molecule has 0 aliphatic carbocycles. The van der Waals surface area contributed by atoms with Gasteiger partial charge in [0.1, 0.15) is 11.3 Å². The fourth-order valence-corrected chi connectivity index (χ4v) is 1.46. The van der Waals surface area contributed by atoms with E-state index in [1.54, 1.807) is 0 Å². The second-order valence-electron chi connectivity index (χ2n) is 4.05. The molecule has 0 aliphatic heterocycles. The minimum absolute atomic E-state index is 0.140. The van der Waals surface area contributed by atoms with Crippen molar-refractivity contribution in [2.75, 3.05) is 5.32 Å². The van der Waals surface area contributed by atoms with Crippen LogP contribution < -0.4 is 10.1 Å². The van der Waals surface area contributed by atoms with E-state index in [2.05, 4.69) is 5.32 Å². The van der Waals surface area contributed by atoms with Crippen LogP contribution in [-0.2, 0) is 14.4 Å². The number of aliphatic carboxylic acids is 1. The zero-order valence-corrected chi connectivity index (χ0v) is 11.1. The van der Waals surface area contributed by atoms with Crippen LogP contribution in [0.15, 0.2) is 18.2 Å². The van der Waals surface area contributed by atoms with Crippen molar-refractivity contribution in [1.82, 2.24) is 0 Å². The molecule has 1 aromatic carbocycles. The summed E-state index contributed by atoms with van der Waals surface area (Å²) in [6, 6.07) is 3.71. The van der Waals surface area contributed by atoms with Gasteiger partial charge in [-0.1, -0.05) is 0 Å². The maximum atomic E-state index is 11.5. The molecule has 0 aliphatic rings. The fraction of sp³-hybridized carbons (Fsp3) is 0.231. The van der Waals surface area contributed by atoms with Crippen molar-refractivity contribution in [1.29, 1.82) is 0 Å². The molecule has 1 rings (SSSR count). The van der Waals surface area contributed by atoms with Crippen LogP contribution in [-0.4, -0.2) is 34.0 Å². The van der Waals surface area contributed by atoms with Crippen molar-refractivity contribution < 1.29 is 34.1 Å². The highest BCUT2D eigenvalue weighted by Gasteiger charge is 2.15. The summed E-state index contributed by atoms with van der Waals surface area (Å²) in [6.45, 7) is 1.13. The maximum Gasteiger partial charge on any atom is 0.339 e. The molecule has 8 heteroatoms. The SMILES string of the molecule is CC(=O)Oc1ccc(NC(=O)CCC(=O)O)cc1C(=O)O. The van der Waals surface area contributed by atoms with Gasteiger partial charge in [0.15, 0.2) is 0 Å². The highest BCUT2D eigenvalue weighted by Crippen LogP contribution is 2.23. The Morgan fingerprint density at radius 1 is 1.14 bits per heavy atom. The molecule has 0 spiro atoms. The van der Waals surface area contributed by atoms with E-state index >= 15 is 0 Å². The molecule has 0 atom stereocenters. The van der Waals surface area contributed by atoms with Crippen molar-refractivity contribution >= 4 is 29.5 Å². The van der Waals surface area contributed by atoms with Crippen LogP contribution in [0.5, 0.6) is 5.75 Å². The number of aromatic carboxylic acids is 1. The zero-order chi connectivity index (χ0) is 16.0. The normalized spacial score (nSPS) is 9.76. The van der Waals surface area contributed by atoms with E-state index in [4.69, 9.17) is 14.9 Å². The number of nitrogens with one attached hydrogen (secondary N) is 1. The number of amides is 1. The Hall–Kier alpha value is -2.90. The molecule has 3 N–H and O–H groups in total. The second-order valence-corrected chi connectivity index (χ2v) is 4.05. The van der Waals surface area contributed by atoms with Crippen molar-refractivity contribution in [3.8, 4) is 5.75 Å². The summed E-state index contributed by atoms with van der Waals surface area (Å²) < 4.78 is 4.74. The van der Waals surface area contributed by atoms with E-state index in [-0.39, 0.29) is 29.8 Å². The Labute approximate surface area is 119 Å². The largest absolute Gasteiger partial charge is 0.481 e. The summed E-state index contributed by atoms with van der Waals surface area (Å²) in [7, 11) is 0. The monoisotopic (exact) mass is 295 g/mol. The van der Waals surface area contributed by atoms with E-state index in [0.717, 1.165) is 13.0 Å². The van der Waals surface area contributed by atoms with Crippen LogP contribution in [0, 0.1) is 0 Å². The molecule has 0 saturated carbocycles. The molecule has 0 fully saturated rings. The third-order valence-corrected chi connectivity index (χ3v) is 2.31. The standard InChI is InChI=1S/C13H13NO7/c1-7(15)21-10-3-2-8(6-9(10)13(19)20)14-11(16)4-5-12(17)18/h2-3,6H,4-5H2,1H3,(H,14,16)(H,17,18)(H,19,20). The number of carbonyl (C=O) groups is 4. The lowest BCUT2D eigenvalue weighted by atomic mass is 10.1. The number of anilines is 1. The van der Waals surface area contributed by atoms with Gasteiger partial charge in [-0.2, -0.15) is 0 Å². The van der Waals surface area contributed by atoms with Crippen molar-refractivity contribution in [2.45, 2.75) is 19.8 Å².